The predicted molar refractivity (Wildman–Crippen MR) is 131 cm³/mol. The van der Waals surface area contributed by atoms with Gasteiger partial charge in [-0.15, -0.1) is 0 Å². The van der Waals surface area contributed by atoms with Gasteiger partial charge >= 0.3 is 12.1 Å². The Hall–Kier alpha value is -2.64. The van der Waals surface area contributed by atoms with E-state index in [0.29, 0.717) is 6.42 Å². The summed E-state index contributed by atoms with van der Waals surface area (Å²) in [6.07, 6.45) is -0.842. The third kappa shape index (κ3) is 5.14. The summed E-state index contributed by atoms with van der Waals surface area (Å²) in [5, 5.41) is 12.0. The zero-order valence-electron chi connectivity index (χ0n) is 20.4. The molecule has 0 spiro atoms. The monoisotopic (exact) mass is 469 g/mol. The predicted octanol–water partition coefficient (Wildman–Crippen LogP) is 4.03. The molecule has 0 aromatic heterocycles. The Balaban J connectivity index is 2.08. The molecule has 0 aliphatic carbocycles. The van der Waals surface area contributed by atoms with E-state index in [1.54, 1.807) is 20.8 Å². The van der Waals surface area contributed by atoms with Crippen LogP contribution in [0.5, 0.6) is 0 Å². The van der Waals surface area contributed by atoms with Crippen LogP contribution < -0.4 is 10.4 Å². The van der Waals surface area contributed by atoms with Gasteiger partial charge in [-0.3, -0.25) is 4.90 Å². The van der Waals surface area contributed by atoms with Crippen molar-refractivity contribution in [3.63, 3.8) is 0 Å². The van der Waals surface area contributed by atoms with E-state index in [9.17, 15) is 14.7 Å². The number of ether oxygens (including phenoxy) is 1. The van der Waals surface area contributed by atoms with Gasteiger partial charge in [0.05, 0.1) is 6.10 Å². The van der Waals surface area contributed by atoms with E-state index in [4.69, 9.17) is 9.16 Å². The molecule has 2 atom stereocenters. The molecule has 1 fully saturated rings. The molecular weight excluding hydrogens is 434 g/mol. The largest absolute Gasteiger partial charge is 0.480 e. The van der Waals surface area contributed by atoms with Crippen LogP contribution in [-0.4, -0.2) is 54.7 Å². The zero-order chi connectivity index (χ0) is 24.4. The molecule has 1 aliphatic rings. The molecule has 6 nitrogen and oxygen atoms in total. The first kappa shape index (κ1) is 25.0. The standard InChI is InChI=1S/C26H35NO5Si/c1-25(2,3)31-24(30)27-18-17-21(22(27)23(28)29)32-33(26(4,5)6,19-13-9-7-10-14-19)20-15-11-8-12-16-20/h7-16,21-22H,17-18H2,1-6H3,(H,28,29)/t21-,22-/m0/s1. The van der Waals surface area contributed by atoms with Crippen molar-refractivity contribution in [1.82, 2.24) is 4.90 Å². The van der Waals surface area contributed by atoms with Gasteiger partial charge in [-0.2, -0.15) is 0 Å². The second-order valence-electron chi connectivity index (χ2n) is 10.6. The van der Waals surface area contributed by atoms with Crippen molar-refractivity contribution < 1.29 is 23.9 Å². The van der Waals surface area contributed by atoms with Crippen molar-refractivity contribution in [2.75, 3.05) is 6.54 Å². The molecule has 178 valence electrons. The van der Waals surface area contributed by atoms with Gasteiger partial charge in [0, 0.05) is 6.54 Å². The van der Waals surface area contributed by atoms with Gasteiger partial charge in [0.25, 0.3) is 8.32 Å². The number of carboxylic acids is 1. The Morgan fingerprint density at radius 1 is 0.909 bits per heavy atom. The Morgan fingerprint density at radius 3 is 1.79 bits per heavy atom. The van der Waals surface area contributed by atoms with Crippen LogP contribution >= 0.6 is 0 Å². The summed E-state index contributed by atoms with van der Waals surface area (Å²) >= 11 is 0. The van der Waals surface area contributed by atoms with E-state index in [-0.39, 0.29) is 11.6 Å². The third-order valence-electron chi connectivity index (χ3n) is 5.97. The highest BCUT2D eigenvalue weighted by molar-refractivity contribution is 6.99. The van der Waals surface area contributed by atoms with Crippen LogP contribution in [0.25, 0.3) is 0 Å². The van der Waals surface area contributed by atoms with Gasteiger partial charge in [0.1, 0.15) is 5.60 Å². The molecule has 2 aromatic carbocycles. The Kier molecular flexibility index (Phi) is 7.05. The molecular formula is C26H35NO5Si. The Morgan fingerprint density at radius 2 is 1.39 bits per heavy atom. The van der Waals surface area contributed by atoms with Crippen LogP contribution in [0.1, 0.15) is 48.0 Å². The minimum absolute atomic E-state index is 0.273. The van der Waals surface area contributed by atoms with Crippen molar-refractivity contribution in [2.45, 2.75) is 70.7 Å². The summed E-state index contributed by atoms with van der Waals surface area (Å²) in [6, 6.07) is 19.1. The van der Waals surface area contributed by atoms with Crippen LogP contribution in [-0.2, 0) is 14.0 Å². The van der Waals surface area contributed by atoms with E-state index in [1.807, 2.05) is 36.4 Å². The highest BCUT2D eigenvalue weighted by Gasteiger charge is 2.55. The second kappa shape index (κ2) is 9.31. The molecule has 0 unspecified atom stereocenters. The molecule has 33 heavy (non-hydrogen) atoms. The van der Waals surface area contributed by atoms with Crippen LogP contribution in [0.3, 0.4) is 0 Å². The summed E-state index contributed by atoms with van der Waals surface area (Å²) < 4.78 is 12.5. The highest BCUT2D eigenvalue weighted by Crippen LogP contribution is 2.39. The number of hydrogen-bond donors (Lipinski definition) is 1. The fourth-order valence-electron chi connectivity index (χ4n) is 4.62. The molecule has 3 rings (SSSR count). The first-order valence-corrected chi connectivity index (χ1v) is 13.3. The van der Waals surface area contributed by atoms with Gasteiger partial charge in [-0.05, 0) is 42.6 Å². The average Bonchev–Trinajstić information content (AvgIpc) is 3.15. The van der Waals surface area contributed by atoms with Gasteiger partial charge in [-0.25, -0.2) is 9.59 Å². The van der Waals surface area contributed by atoms with Gasteiger partial charge in [0.2, 0.25) is 0 Å². The first-order valence-electron chi connectivity index (χ1n) is 11.4. The van der Waals surface area contributed by atoms with Crippen LogP contribution in [0.2, 0.25) is 5.04 Å². The lowest BCUT2D eigenvalue weighted by molar-refractivity contribution is -0.144. The molecule has 1 heterocycles. The number of amides is 1. The maximum atomic E-state index is 12.8. The molecule has 2 aromatic rings. The number of carboxylic acid groups (broad SMARTS) is 1. The zero-order valence-corrected chi connectivity index (χ0v) is 21.4. The molecule has 1 saturated heterocycles. The lowest BCUT2D eigenvalue weighted by Gasteiger charge is -2.45. The Bertz CT molecular complexity index is 926. The van der Waals surface area contributed by atoms with E-state index in [0.717, 1.165) is 10.4 Å². The van der Waals surface area contributed by atoms with Crippen molar-refractivity contribution >= 4 is 30.8 Å². The quantitative estimate of drug-likeness (QED) is 0.669. The topological polar surface area (TPSA) is 76.1 Å². The summed E-state index contributed by atoms with van der Waals surface area (Å²) in [4.78, 5) is 26.5. The van der Waals surface area contributed by atoms with Crippen LogP contribution in [0, 0.1) is 0 Å². The van der Waals surface area contributed by atoms with Gasteiger partial charge in [0.15, 0.2) is 6.04 Å². The summed E-state index contributed by atoms with van der Waals surface area (Å²) in [7, 11) is -2.96. The van der Waals surface area contributed by atoms with Gasteiger partial charge in [-0.1, -0.05) is 81.4 Å². The second-order valence-corrected chi connectivity index (χ2v) is 14.8. The van der Waals surface area contributed by atoms with E-state index < -0.39 is 38.1 Å². The number of likely N-dealkylation sites (tertiary alicyclic amines) is 1. The minimum Gasteiger partial charge on any atom is -0.480 e. The fourth-order valence-corrected chi connectivity index (χ4v) is 9.34. The number of carbonyl (C=O) groups excluding carboxylic acids is 1. The number of aliphatic carboxylic acids is 1. The molecule has 7 heteroatoms. The highest BCUT2D eigenvalue weighted by atomic mass is 28.4. The first-order chi connectivity index (χ1) is 15.4. The maximum absolute atomic E-state index is 12.8. The smallest absolute Gasteiger partial charge is 0.411 e. The van der Waals surface area contributed by atoms with Gasteiger partial charge < -0.3 is 14.3 Å². The number of benzene rings is 2. The molecule has 0 saturated carbocycles. The van der Waals surface area contributed by atoms with Crippen LogP contribution in [0.15, 0.2) is 60.7 Å². The van der Waals surface area contributed by atoms with E-state index in [1.165, 1.54) is 4.90 Å². The van der Waals surface area contributed by atoms with E-state index in [2.05, 4.69) is 45.0 Å². The minimum atomic E-state index is -2.96. The van der Waals surface area contributed by atoms with Crippen molar-refractivity contribution in [2.24, 2.45) is 0 Å². The summed E-state index contributed by atoms with van der Waals surface area (Å²) in [5.74, 6) is -1.08. The third-order valence-corrected chi connectivity index (χ3v) is 11.0. The van der Waals surface area contributed by atoms with Crippen LogP contribution in [0.4, 0.5) is 4.79 Å². The average molecular weight is 470 g/mol. The number of nitrogens with zero attached hydrogens (tertiary/aromatic N) is 1. The lowest BCUT2D eigenvalue weighted by atomic mass is 10.2. The number of rotatable bonds is 5. The van der Waals surface area contributed by atoms with Crippen molar-refractivity contribution in [3.05, 3.63) is 60.7 Å². The number of carbonyl (C=O) groups is 2. The lowest BCUT2D eigenvalue weighted by Crippen LogP contribution is -2.68. The van der Waals surface area contributed by atoms with E-state index >= 15 is 0 Å². The summed E-state index contributed by atoms with van der Waals surface area (Å²) in [5.41, 5.74) is -0.711. The fraction of sp³-hybridized carbons (Fsp3) is 0.462. The SMILES string of the molecule is CC(C)(C)OC(=O)N1CC[C@H](O[Si](c2ccccc2)(c2ccccc2)C(C)(C)C)[C@H]1C(=O)O. The molecule has 1 N–H and O–H groups in total. The maximum Gasteiger partial charge on any atom is 0.411 e. The molecule has 1 amide bonds. The summed E-state index contributed by atoms with van der Waals surface area (Å²) in [6.45, 7) is 12.0. The molecule has 0 radical (unpaired) electrons. The normalized spacial score (nSPS) is 19.4. The van der Waals surface area contributed by atoms with Crippen molar-refractivity contribution in [1.29, 1.82) is 0 Å². The molecule has 1 aliphatic heterocycles. The molecule has 0 bridgehead atoms. The van der Waals surface area contributed by atoms with Crippen molar-refractivity contribution in [3.8, 4) is 0 Å². The Labute approximate surface area is 197 Å². The number of hydrogen-bond acceptors (Lipinski definition) is 4.